The number of aromatic nitrogens is 3. The van der Waals surface area contributed by atoms with E-state index in [1.165, 1.54) is 0 Å². The number of hydrogen-bond acceptors (Lipinski definition) is 6. The molecule has 25 heavy (non-hydrogen) atoms. The van der Waals surface area contributed by atoms with Crippen LogP contribution in [-0.4, -0.2) is 55.8 Å². The minimum absolute atomic E-state index is 0.00110. The number of pyridine rings is 1. The van der Waals surface area contributed by atoms with Gasteiger partial charge in [0.2, 0.25) is 0 Å². The summed E-state index contributed by atoms with van der Waals surface area (Å²) in [5.74, 6) is 0. The first-order chi connectivity index (χ1) is 11.8. The largest absolute Gasteiger partial charge is 0.456 e. The van der Waals surface area contributed by atoms with Crippen LogP contribution in [0.5, 0.6) is 6.01 Å². The van der Waals surface area contributed by atoms with E-state index < -0.39 is 9.28 Å². The third-order valence-corrected chi connectivity index (χ3v) is 6.74. The van der Waals surface area contributed by atoms with Gasteiger partial charge in [-0.1, -0.05) is 20.8 Å². The molecule has 3 atom stereocenters. The van der Waals surface area contributed by atoms with Crippen LogP contribution < -0.4 is 4.74 Å². The van der Waals surface area contributed by atoms with Crippen molar-refractivity contribution >= 4 is 20.4 Å². The summed E-state index contributed by atoms with van der Waals surface area (Å²) in [4.78, 5) is 12.2. The normalized spacial score (nSPS) is 27.6. The van der Waals surface area contributed by atoms with Crippen LogP contribution in [0.15, 0.2) is 6.07 Å². The van der Waals surface area contributed by atoms with Gasteiger partial charge in [-0.25, -0.2) is 4.98 Å². The van der Waals surface area contributed by atoms with Crippen LogP contribution in [0.3, 0.4) is 0 Å². The molecule has 0 unspecified atom stereocenters. The Hall–Kier alpha value is -1.48. The second kappa shape index (κ2) is 6.05. The molecule has 1 radical (unpaired) electrons. The predicted octanol–water partition coefficient (Wildman–Crippen LogP) is 2.42. The van der Waals surface area contributed by atoms with Gasteiger partial charge < -0.3 is 23.3 Å². The Morgan fingerprint density at radius 2 is 2.04 bits per heavy atom. The van der Waals surface area contributed by atoms with Crippen molar-refractivity contribution in [2.75, 3.05) is 13.2 Å². The van der Waals surface area contributed by atoms with Crippen molar-refractivity contribution in [2.24, 2.45) is 0 Å². The van der Waals surface area contributed by atoms with E-state index in [4.69, 9.17) is 18.3 Å². The highest BCUT2D eigenvalue weighted by atomic mass is 28.3. The van der Waals surface area contributed by atoms with Crippen molar-refractivity contribution in [3.8, 4) is 6.01 Å². The Bertz CT molecular complexity index is 749. The van der Waals surface area contributed by atoms with Gasteiger partial charge in [0, 0.05) is 10.7 Å². The fourth-order valence-corrected chi connectivity index (χ4v) is 4.78. The molecule has 8 heteroatoms. The fourth-order valence-electron chi connectivity index (χ4n) is 3.06. The van der Waals surface area contributed by atoms with E-state index in [-0.39, 0.29) is 23.4 Å². The molecule has 0 saturated carbocycles. The summed E-state index contributed by atoms with van der Waals surface area (Å²) in [6, 6.07) is 2.50. The quantitative estimate of drug-likeness (QED) is 0.827. The fraction of sp³-hybridized carbons (Fsp3) is 0.647. The molecule has 2 aliphatic heterocycles. The molecule has 2 saturated heterocycles. The molecule has 135 valence electrons. The molecule has 4 rings (SSSR count). The SMILES string of the molecule is Cc1cc2[nH]c(O[C@H]3CO[C@@H]4CO[Si](C(C)(C)C)O[C@@H]34)nc2nc1C. The Balaban J connectivity index is 1.52. The monoisotopic (exact) mass is 362 g/mol. The Kier molecular flexibility index (Phi) is 4.10. The van der Waals surface area contributed by atoms with E-state index >= 15 is 0 Å². The van der Waals surface area contributed by atoms with Gasteiger partial charge in [-0.3, -0.25) is 0 Å². The molecular weight excluding hydrogens is 338 g/mol. The average molecular weight is 362 g/mol. The summed E-state index contributed by atoms with van der Waals surface area (Å²) in [7, 11) is -1.38. The molecule has 2 aromatic rings. The molecule has 0 aliphatic carbocycles. The number of aromatic amines is 1. The third kappa shape index (κ3) is 3.19. The van der Waals surface area contributed by atoms with Crippen molar-refractivity contribution < 1.29 is 18.3 Å². The lowest BCUT2D eigenvalue weighted by Crippen LogP contribution is -2.52. The summed E-state index contributed by atoms with van der Waals surface area (Å²) in [6.45, 7) is 11.5. The van der Waals surface area contributed by atoms with E-state index in [9.17, 15) is 0 Å². The van der Waals surface area contributed by atoms with Crippen molar-refractivity contribution in [1.82, 2.24) is 15.0 Å². The maximum atomic E-state index is 6.24. The molecule has 0 aromatic carbocycles. The van der Waals surface area contributed by atoms with Crippen LogP contribution in [0.25, 0.3) is 11.2 Å². The maximum absolute atomic E-state index is 6.24. The van der Waals surface area contributed by atoms with Crippen LogP contribution in [-0.2, 0) is 13.6 Å². The first-order valence-electron chi connectivity index (χ1n) is 8.60. The number of nitrogens with zero attached hydrogens (tertiary/aromatic N) is 2. The van der Waals surface area contributed by atoms with E-state index in [1.807, 2.05) is 19.9 Å². The lowest BCUT2D eigenvalue weighted by molar-refractivity contribution is -0.0452. The van der Waals surface area contributed by atoms with E-state index in [1.54, 1.807) is 0 Å². The summed E-state index contributed by atoms with van der Waals surface area (Å²) in [6.07, 6.45) is -0.390. The molecule has 2 aromatic heterocycles. The van der Waals surface area contributed by atoms with Crippen LogP contribution in [0.2, 0.25) is 5.04 Å². The van der Waals surface area contributed by atoms with Crippen LogP contribution >= 0.6 is 0 Å². The molecular formula is C17H24N3O4Si. The molecule has 0 spiro atoms. The zero-order valence-corrected chi connectivity index (χ0v) is 16.3. The highest BCUT2D eigenvalue weighted by Gasteiger charge is 2.49. The van der Waals surface area contributed by atoms with Gasteiger partial charge in [0.25, 0.3) is 6.01 Å². The number of hydrogen-bond donors (Lipinski definition) is 1. The number of nitrogens with one attached hydrogen (secondary N) is 1. The number of aryl methyl sites for hydroxylation is 2. The topological polar surface area (TPSA) is 78.5 Å². The summed E-state index contributed by atoms with van der Waals surface area (Å²) in [5.41, 5.74) is 3.64. The molecule has 2 fully saturated rings. The number of rotatable bonds is 2. The lowest BCUT2D eigenvalue weighted by atomic mass is 10.1. The minimum Gasteiger partial charge on any atom is -0.456 e. The second-order valence-corrected chi connectivity index (χ2v) is 10.4. The highest BCUT2D eigenvalue weighted by molar-refractivity contribution is 6.48. The third-order valence-electron chi connectivity index (χ3n) is 4.60. The van der Waals surface area contributed by atoms with Gasteiger partial charge in [-0.15, -0.1) is 0 Å². The predicted molar refractivity (Wildman–Crippen MR) is 93.8 cm³/mol. The van der Waals surface area contributed by atoms with E-state index in [0.29, 0.717) is 24.9 Å². The molecule has 0 amide bonds. The number of H-pyrrole nitrogens is 1. The van der Waals surface area contributed by atoms with Crippen molar-refractivity contribution in [2.45, 2.75) is 58.0 Å². The molecule has 7 nitrogen and oxygen atoms in total. The van der Waals surface area contributed by atoms with E-state index in [2.05, 4.69) is 35.7 Å². The average Bonchev–Trinajstić information content (AvgIpc) is 3.11. The Morgan fingerprint density at radius 1 is 1.24 bits per heavy atom. The van der Waals surface area contributed by atoms with Crippen molar-refractivity contribution in [3.05, 3.63) is 17.3 Å². The number of ether oxygens (including phenoxy) is 2. The first kappa shape index (κ1) is 17.0. The number of imidazole rings is 1. The van der Waals surface area contributed by atoms with Crippen LogP contribution in [0, 0.1) is 13.8 Å². The van der Waals surface area contributed by atoms with E-state index in [0.717, 1.165) is 16.8 Å². The minimum atomic E-state index is -1.38. The van der Waals surface area contributed by atoms with Gasteiger partial charge >= 0.3 is 9.28 Å². The first-order valence-corrected chi connectivity index (χ1v) is 9.92. The van der Waals surface area contributed by atoms with Crippen LogP contribution in [0.1, 0.15) is 32.0 Å². The number of fused-ring (bicyclic) bond motifs is 2. The maximum Gasteiger partial charge on any atom is 0.391 e. The lowest BCUT2D eigenvalue weighted by Gasteiger charge is -2.37. The molecule has 4 heterocycles. The highest BCUT2D eigenvalue weighted by Crippen LogP contribution is 2.35. The second-order valence-electron chi connectivity index (χ2n) is 7.76. The Labute approximate surface area is 148 Å². The van der Waals surface area contributed by atoms with Gasteiger partial charge in [0.05, 0.1) is 18.7 Å². The standard InChI is InChI=1S/C17H24N3O4Si/c1-9-6-11-15(18-10(9)2)20-16(19-11)23-13-7-21-12-8-22-25(17(3,4)5)24-14(12)13/h6,12-14H,7-8H2,1-5H3,(H,18,19,20)/t12-,13+,14-/m1/s1. The smallest absolute Gasteiger partial charge is 0.391 e. The molecule has 2 aliphatic rings. The zero-order valence-electron chi connectivity index (χ0n) is 15.3. The summed E-state index contributed by atoms with van der Waals surface area (Å²) >= 11 is 0. The molecule has 0 bridgehead atoms. The van der Waals surface area contributed by atoms with Gasteiger partial charge in [0.1, 0.15) is 12.2 Å². The van der Waals surface area contributed by atoms with Crippen molar-refractivity contribution in [3.63, 3.8) is 0 Å². The molecule has 1 N–H and O–H groups in total. The summed E-state index contributed by atoms with van der Waals surface area (Å²) in [5, 5.41) is 0.00110. The van der Waals surface area contributed by atoms with Gasteiger partial charge in [-0.05, 0) is 25.5 Å². The van der Waals surface area contributed by atoms with Crippen LogP contribution in [0.4, 0.5) is 0 Å². The Morgan fingerprint density at radius 3 is 2.80 bits per heavy atom. The summed E-state index contributed by atoms with van der Waals surface area (Å²) < 4.78 is 24.0. The van der Waals surface area contributed by atoms with Gasteiger partial charge in [0.15, 0.2) is 11.8 Å². The van der Waals surface area contributed by atoms with Gasteiger partial charge in [-0.2, -0.15) is 4.98 Å². The van der Waals surface area contributed by atoms with Crippen molar-refractivity contribution in [1.29, 1.82) is 0 Å². The zero-order chi connectivity index (χ0) is 17.8.